The monoisotopic (exact) mass is 409 g/mol. The summed E-state index contributed by atoms with van der Waals surface area (Å²) in [5, 5.41) is 0.984. The smallest absolute Gasteiger partial charge is 0.241 e. The summed E-state index contributed by atoms with van der Waals surface area (Å²) in [7, 11) is -3.74. The minimum Gasteiger partial charge on any atom is -0.443 e. The third-order valence-electron chi connectivity index (χ3n) is 5.07. The molecule has 0 bridgehead atoms. The van der Waals surface area contributed by atoms with Crippen molar-refractivity contribution in [1.29, 1.82) is 0 Å². The van der Waals surface area contributed by atoms with E-state index in [1.807, 2.05) is 24.3 Å². The summed E-state index contributed by atoms with van der Waals surface area (Å²) in [5.41, 5.74) is 1.84. The molecule has 0 saturated carbocycles. The maximum atomic E-state index is 12.7. The van der Waals surface area contributed by atoms with Crippen LogP contribution >= 0.6 is 0 Å². The number of sulfonamides is 1. The molecule has 2 aromatic carbocycles. The van der Waals surface area contributed by atoms with E-state index < -0.39 is 10.0 Å². The standard InChI is InChI=1S/C20H19N5O3S/c26-29(27,14-7-8-18-17(11-14)21-13-28-18)22-12-19-23-16-6-2-1-5-15(16)20(24-19)25-9-3-4-10-25/h1-2,5-8,11,13,22H,3-4,9-10,12H2. The number of nitrogens with zero attached hydrogens (tertiary/aromatic N) is 4. The number of fused-ring (bicyclic) bond motifs is 2. The summed E-state index contributed by atoms with van der Waals surface area (Å²) < 4.78 is 33.2. The molecule has 4 aromatic rings. The summed E-state index contributed by atoms with van der Waals surface area (Å²) in [6.45, 7) is 1.90. The highest BCUT2D eigenvalue weighted by molar-refractivity contribution is 7.89. The summed E-state index contributed by atoms with van der Waals surface area (Å²) in [4.78, 5) is 15.6. The molecule has 0 amide bonds. The van der Waals surface area contributed by atoms with Gasteiger partial charge in [-0.25, -0.2) is 28.1 Å². The van der Waals surface area contributed by atoms with Crippen LogP contribution in [-0.2, 0) is 16.6 Å². The first-order valence-corrected chi connectivity index (χ1v) is 10.9. The zero-order chi connectivity index (χ0) is 19.8. The van der Waals surface area contributed by atoms with Gasteiger partial charge >= 0.3 is 0 Å². The Labute approximate surface area is 167 Å². The second kappa shape index (κ2) is 7.09. The minimum absolute atomic E-state index is 0.00482. The molecule has 5 rings (SSSR count). The summed E-state index contributed by atoms with van der Waals surface area (Å²) >= 11 is 0. The van der Waals surface area contributed by atoms with Crippen molar-refractivity contribution >= 4 is 37.8 Å². The predicted octanol–water partition coefficient (Wildman–Crippen LogP) is 2.85. The van der Waals surface area contributed by atoms with Gasteiger partial charge in [0.05, 0.1) is 17.0 Å². The van der Waals surface area contributed by atoms with Gasteiger partial charge in [0.1, 0.15) is 17.2 Å². The number of nitrogens with one attached hydrogen (secondary N) is 1. The van der Waals surface area contributed by atoms with Gasteiger partial charge in [-0.2, -0.15) is 0 Å². The predicted molar refractivity (Wildman–Crippen MR) is 109 cm³/mol. The third kappa shape index (κ3) is 3.43. The van der Waals surface area contributed by atoms with Crippen LogP contribution in [0.2, 0.25) is 0 Å². The fourth-order valence-corrected chi connectivity index (χ4v) is 4.60. The molecule has 0 atom stereocenters. The van der Waals surface area contributed by atoms with Crippen molar-refractivity contribution in [3.05, 3.63) is 54.7 Å². The Morgan fingerprint density at radius 1 is 1.03 bits per heavy atom. The molecule has 0 radical (unpaired) electrons. The van der Waals surface area contributed by atoms with Gasteiger partial charge in [-0.05, 0) is 43.2 Å². The van der Waals surface area contributed by atoms with Gasteiger partial charge in [-0.3, -0.25) is 0 Å². The van der Waals surface area contributed by atoms with Gasteiger partial charge < -0.3 is 9.32 Å². The SMILES string of the molecule is O=S(=O)(NCc1nc(N2CCCC2)c2ccccc2n1)c1ccc2ocnc2c1. The topological polar surface area (TPSA) is 101 Å². The minimum atomic E-state index is -3.74. The highest BCUT2D eigenvalue weighted by Crippen LogP contribution is 2.27. The lowest BCUT2D eigenvalue weighted by molar-refractivity contribution is 0.579. The van der Waals surface area contributed by atoms with E-state index in [1.165, 1.54) is 18.5 Å². The van der Waals surface area contributed by atoms with Crippen LogP contribution in [0, 0.1) is 0 Å². The molecule has 1 N–H and O–H groups in total. The van der Waals surface area contributed by atoms with E-state index in [0.29, 0.717) is 16.9 Å². The zero-order valence-corrected chi connectivity index (χ0v) is 16.4. The van der Waals surface area contributed by atoms with Crippen molar-refractivity contribution in [2.45, 2.75) is 24.3 Å². The summed E-state index contributed by atoms with van der Waals surface area (Å²) in [6.07, 6.45) is 3.55. The van der Waals surface area contributed by atoms with Crippen LogP contribution in [0.25, 0.3) is 22.0 Å². The lowest BCUT2D eigenvalue weighted by atomic mass is 10.2. The number of aromatic nitrogens is 3. The lowest BCUT2D eigenvalue weighted by Crippen LogP contribution is -2.25. The van der Waals surface area contributed by atoms with E-state index in [1.54, 1.807) is 6.07 Å². The van der Waals surface area contributed by atoms with Crippen LogP contribution in [0.4, 0.5) is 5.82 Å². The molecule has 1 fully saturated rings. The molecule has 29 heavy (non-hydrogen) atoms. The van der Waals surface area contributed by atoms with Gasteiger partial charge in [-0.15, -0.1) is 0 Å². The number of hydrogen-bond donors (Lipinski definition) is 1. The number of rotatable bonds is 5. The molecule has 0 aliphatic carbocycles. The first-order valence-electron chi connectivity index (χ1n) is 9.44. The van der Waals surface area contributed by atoms with Gasteiger partial charge in [-0.1, -0.05) is 12.1 Å². The van der Waals surface area contributed by atoms with Crippen molar-refractivity contribution in [2.75, 3.05) is 18.0 Å². The Bertz CT molecular complexity index is 1300. The van der Waals surface area contributed by atoms with Crippen molar-refractivity contribution in [3.8, 4) is 0 Å². The van der Waals surface area contributed by atoms with Crippen LogP contribution in [0.5, 0.6) is 0 Å². The van der Waals surface area contributed by atoms with Crippen molar-refractivity contribution in [3.63, 3.8) is 0 Å². The first-order chi connectivity index (χ1) is 14.1. The van der Waals surface area contributed by atoms with Gasteiger partial charge in [0.25, 0.3) is 0 Å². The van der Waals surface area contributed by atoms with Gasteiger partial charge in [0.15, 0.2) is 12.0 Å². The Hall–Kier alpha value is -3.04. The molecule has 3 heterocycles. The van der Waals surface area contributed by atoms with E-state index >= 15 is 0 Å². The number of para-hydroxylation sites is 1. The molecule has 148 valence electrons. The van der Waals surface area contributed by atoms with Crippen molar-refractivity contribution < 1.29 is 12.8 Å². The summed E-state index contributed by atoms with van der Waals surface area (Å²) in [5.74, 6) is 1.31. The number of anilines is 1. The Balaban J connectivity index is 1.45. The molecule has 9 heteroatoms. The maximum Gasteiger partial charge on any atom is 0.241 e. The number of hydrogen-bond acceptors (Lipinski definition) is 7. The van der Waals surface area contributed by atoms with E-state index in [9.17, 15) is 8.42 Å². The second-order valence-corrected chi connectivity index (χ2v) is 8.75. The Morgan fingerprint density at radius 2 is 1.86 bits per heavy atom. The fraction of sp³-hybridized carbons (Fsp3) is 0.250. The largest absolute Gasteiger partial charge is 0.443 e. The van der Waals surface area contributed by atoms with Gasteiger partial charge in [0.2, 0.25) is 10.0 Å². The van der Waals surface area contributed by atoms with Crippen LogP contribution in [0.3, 0.4) is 0 Å². The van der Waals surface area contributed by atoms with E-state index in [0.717, 1.165) is 42.7 Å². The van der Waals surface area contributed by atoms with Gasteiger partial charge in [0, 0.05) is 18.5 Å². The highest BCUT2D eigenvalue weighted by Gasteiger charge is 2.20. The van der Waals surface area contributed by atoms with Crippen LogP contribution in [0.15, 0.2) is 58.2 Å². The van der Waals surface area contributed by atoms with E-state index in [-0.39, 0.29) is 11.4 Å². The molecule has 0 spiro atoms. The molecule has 0 unspecified atom stereocenters. The van der Waals surface area contributed by atoms with E-state index in [4.69, 9.17) is 4.42 Å². The third-order valence-corrected chi connectivity index (χ3v) is 6.47. The second-order valence-electron chi connectivity index (χ2n) is 6.98. The molecular weight excluding hydrogens is 390 g/mol. The molecular formula is C20H19N5O3S. The molecule has 1 aliphatic heterocycles. The van der Waals surface area contributed by atoms with Crippen molar-refractivity contribution in [2.24, 2.45) is 0 Å². The fourth-order valence-electron chi connectivity index (χ4n) is 3.60. The van der Waals surface area contributed by atoms with E-state index in [2.05, 4.69) is 24.6 Å². The van der Waals surface area contributed by atoms with Crippen molar-refractivity contribution in [1.82, 2.24) is 19.7 Å². The normalized spacial score (nSPS) is 14.8. The average molecular weight is 409 g/mol. The molecule has 2 aromatic heterocycles. The summed E-state index contributed by atoms with van der Waals surface area (Å²) in [6, 6.07) is 12.4. The molecule has 1 aliphatic rings. The highest BCUT2D eigenvalue weighted by atomic mass is 32.2. The van der Waals surface area contributed by atoms with Crippen LogP contribution in [0.1, 0.15) is 18.7 Å². The maximum absolute atomic E-state index is 12.7. The zero-order valence-electron chi connectivity index (χ0n) is 15.6. The lowest BCUT2D eigenvalue weighted by Gasteiger charge is -2.19. The first kappa shape index (κ1) is 18.0. The number of benzene rings is 2. The Kier molecular flexibility index (Phi) is 4.40. The van der Waals surface area contributed by atoms with Crippen LogP contribution in [-0.4, -0.2) is 36.5 Å². The average Bonchev–Trinajstić information content (AvgIpc) is 3.43. The quantitative estimate of drug-likeness (QED) is 0.541. The Morgan fingerprint density at radius 3 is 2.72 bits per heavy atom. The van der Waals surface area contributed by atoms with Crippen LogP contribution < -0.4 is 9.62 Å². The molecule has 1 saturated heterocycles. The molecule has 8 nitrogen and oxygen atoms in total. The number of oxazole rings is 1.